The monoisotopic (exact) mass is 364 g/mol. The highest BCUT2D eigenvalue weighted by Crippen LogP contribution is 2.29. The third kappa shape index (κ3) is 5.33. The lowest BCUT2D eigenvalue weighted by molar-refractivity contribution is -0.137. The van der Waals surface area contributed by atoms with E-state index in [1.54, 1.807) is 18.9 Å². The number of nitrogens with zero attached hydrogens (tertiary/aromatic N) is 1. The van der Waals surface area contributed by atoms with Crippen molar-refractivity contribution in [3.05, 3.63) is 71.3 Å². The van der Waals surface area contributed by atoms with Crippen LogP contribution in [0.25, 0.3) is 0 Å². The molecule has 0 aliphatic carbocycles. The third-order valence-electron chi connectivity index (χ3n) is 4.25. The third-order valence-corrected chi connectivity index (χ3v) is 4.25. The first kappa shape index (κ1) is 20.0. The summed E-state index contributed by atoms with van der Waals surface area (Å²) in [6.45, 7) is 4.08. The van der Waals surface area contributed by atoms with E-state index in [0.717, 1.165) is 17.7 Å². The Labute approximate surface area is 151 Å². The van der Waals surface area contributed by atoms with E-state index in [4.69, 9.17) is 0 Å². The number of halogens is 3. The lowest BCUT2D eigenvalue weighted by atomic mass is 10.0. The Morgan fingerprint density at radius 2 is 1.62 bits per heavy atom. The molecule has 2 atom stereocenters. The molecule has 6 heteroatoms. The van der Waals surface area contributed by atoms with Gasteiger partial charge in [-0.1, -0.05) is 42.5 Å². The Hall–Kier alpha value is -2.34. The second kappa shape index (κ2) is 8.36. The first-order valence-electron chi connectivity index (χ1n) is 8.40. The molecule has 0 aromatic heterocycles. The zero-order valence-corrected chi connectivity index (χ0v) is 15.0. The summed E-state index contributed by atoms with van der Waals surface area (Å²) < 4.78 is 37.9. The van der Waals surface area contributed by atoms with Gasteiger partial charge in [-0.15, -0.1) is 0 Å². The fourth-order valence-electron chi connectivity index (χ4n) is 2.77. The van der Waals surface area contributed by atoms with Crippen molar-refractivity contribution in [1.29, 1.82) is 0 Å². The summed E-state index contributed by atoms with van der Waals surface area (Å²) in [6.07, 6.45) is -4.35. The average molecular weight is 364 g/mol. The smallest absolute Gasteiger partial charge is 0.340 e. The molecule has 0 aliphatic rings. The lowest BCUT2D eigenvalue weighted by Gasteiger charge is -2.25. The molecule has 2 unspecified atom stereocenters. The number of likely N-dealkylation sites (N-methyl/N-ethyl adjacent to an activating group) is 1. The van der Waals surface area contributed by atoms with Crippen LogP contribution in [-0.2, 0) is 17.5 Å². The molecule has 0 radical (unpaired) electrons. The van der Waals surface area contributed by atoms with Crippen LogP contribution in [0.4, 0.5) is 13.2 Å². The zero-order valence-electron chi connectivity index (χ0n) is 15.0. The van der Waals surface area contributed by atoms with Gasteiger partial charge in [-0.25, -0.2) is 0 Å². The summed E-state index contributed by atoms with van der Waals surface area (Å²) in [6, 6.07) is 13.9. The summed E-state index contributed by atoms with van der Waals surface area (Å²) in [5, 5.41) is 3.15. The van der Waals surface area contributed by atoms with Crippen molar-refractivity contribution in [3.8, 4) is 0 Å². The maximum Gasteiger partial charge on any atom is 0.416 e. The summed E-state index contributed by atoms with van der Waals surface area (Å²) >= 11 is 0. The van der Waals surface area contributed by atoms with Gasteiger partial charge < -0.3 is 4.90 Å². The highest BCUT2D eigenvalue weighted by molar-refractivity contribution is 5.81. The van der Waals surface area contributed by atoms with E-state index in [-0.39, 0.29) is 11.9 Å². The standard InChI is InChI=1S/C20H23F3N2O/c1-14(17-9-11-18(12-10-17)20(21,22)23)24-15(2)19(26)25(3)13-16-7-5-4-6-8-16/h4-12,14-15,24H,13H2,1-3H3. The van der Waals surface area contributed by atoms with Crippen molar-refractivity contribution in [2.45, 2.75) is 38.7 Å². The van der Waals surface area contributed by atoms with E-state index < -0.39 is 17.8 Å². The van der Waals surface area contributed by atoms with Gasteiger partial charge in [0.1, 0.15) is 0 Å². The molecular formula is C20H23F3N2O. The number of alkyl halides is 3. The molecule has 0 saturated heterocycles. The molecule has 0 heterocycles. The van der Waals surface area contributed by atoms with Crippen LogP contribution in [0.2, 0.25) is 0 Å². The number of hydrogen-bond donors (Lipinski definition) is 1. The van der Waals surface area contributed by atoms with Gasteiger partial charge in [0.25, 0.3) is 0 Å². The fraction of sp³-hybridized carbons (Fsp3) is 0.350. The van der Waals surface area contributed by atoms with Gasteiger partial charge in [-0.05, 0) is 37.1 Å². The first-order chi connectivity index (χ1) is 12.2. The van der Waals surface area contributed by atoms with Gasteiger partial charge >= 0.3 is 6.18 Å². The number of hydrogen-bond acceptors (Lipinski definition) is 2. The molecule has 1 N–H and O–H groups in total. The number of carbonyl (C=O) groups excluding carboxylic acids is 1. The van der Waals surface area contributed by atoms with Gasteiger partial charge in [0, 0.05) is 19.6 Å². The lowest BCUT2D eigenvalue weighted by Crippen LogP contribution is -2.43. The summed E-state index contributed by atoms with van der Waals surface area (Å²) in [5.41, 5.74) is 1.05. The largest absolute Gasteiger partial charge is 0.416 e. The predicted molar refractivity (Wildman–Crippen MR) is 95.4 cm³/mol. The van der Waals surface area contributed by atoms with Gasteiger partial charge in [-0.3, -0.25) is 10.1 Å². The molecule has 2 rings (SSSR count). The van der Waals surface area contributed by atoms with Gasteiger partial charge in [0.05, 0.1) is 11.6 Å². The highest BCUT2D eigenvalue weighted by atomic mass is 19.4. The number of benzene rings is 2. The van der Waals surface area contributed by atoms with E-state index in [2.05, 4.69) is 5.32 Å². The van der Waals surface area contributed by atoms with Crippen LogP contribution in [0, 0.1) is 0 Å². The topological polar surface area (TPSA) is 32.3 Å². The van der Waals surface area contributed by atoms with Crippen LogP contribution < -0.4 is 5.32 Å². The van der Waals surface area contributed by atoms with E-state index in [1.807, 2.05) is 37.3 Å². The maximum atomic E-state index is 12.6. The number of carbonyl (C=O) groups is 1. The predicted octanol–water partition coefficient (Wildman–Crippen LogP) is 4.40. The van der Waals surface area contributed by atoms with Crippen LogP contribution in [0.3, 0.4) is 0 Å². The second-order valence-electron chi connectivity index (χ2n) is 6.41. The zero-order chi connectivity index (χ0) is 19.3. The minimum atomic E-state index is -4.35. The Morgan fingerprint density at radius 3 is 2.15 bits per heavy atom. The summed E-state index contributed by atoms with van der Waals surface area (Å²) in [4.78, 5) is 14.1. The molecule has 2 aromatic rings. The van der Waals surface area contributed by atoms with Crippen LogP contribution in [-0.4, -0.2) is 23.9 Å². The van der Waals surface area contributed by atoms with Crippen molar-refractivity contribution >= 4 is 5.91 Å². The van der Waals surface area contributed by atoms with Crippen molar-refractivity contribution in [3.63, 3.8) is 0 Å². The molecule has 0 saturated carbocycles. The molecule has 1 amide bonds. The van der Waals surface area contributed by atoms with Crippen molar-refractivity contribution in [2.24, 2.45) is 0 Å². The molecule has 140 valence electrons. The minimum Gasteiger partial charge on any atom is -0.340 e. The SMILES string of the molecule is CC(NC(C)c1ccc(C(F)(F)F)cc1)C(=O)N(C)Cc1ccccc1. The van der Waals surface area contributed by atoms with E-state index >= 15 is 0 Å². The maximum absolute atomic E-state index is 12.6. The molecular weight excluding hydrogens is 341 g/mol. The van der Waals surface area contributed by atoms with Crippen molar-refractivity contribution in [2.75, 3.05) is 7.05 Å². The fourth-order valence-corrected chi connectivity index (χ4v) is 2.77. The normalized spacial score (nSPS) is 13.9. The quantitative estimate of drug-likeness (QED) is 0.824. The van der Waals surface area contributed by atoms with Gasteiger partial charge in [-0.2, -0.15) is 13.2 Å². The van der Waals surface area contributed by atoms with Crippen LogP contribution in [0.15, 0.2) is 54.6 Å². The number of rotatable bonds is 6. The Kier molecular flexibility index (Phi) is 6.42. The first-order valence-corrected chi connectivity index (χ1v) is 8.40. The van der Waals surface area contributed by atoms with Gasteiger partial charge in [0.2, 0.25) is 5.91 Å². The minimum absolute atomic E-state index is 0.0763. The molecule has 0 aliphatic heterocycles. The molecule has 2 aromatic carbocycles. The molecule has 26 heavy (non-hydrogen) atoms. The van der Waals surface area contributed by atoms with E-state index in [0.29, 0.717) is 12.1 Å². The summed E-state index contributed by atoms with van der Waals surface area (Å²) in [7, 11) is 1.73. The van der Waals surface area contributed by atoms with E-state index in [9.17, 15) is 18.0 Å². The van der Waals surface area contributed by atoms with Crippen molar-refractivity contribution in [1.82, 2.24) is 10.2 Å². The van der Waals surface area contributed by atoms with E-state index in [1.165, 1.54) is 12.1 Å². The molecule has 0 spiro atoms. The van der Waals surface area contributed by atoms with Crippen LogP contribution in [0.1, 0.15) is 36.6 Å². The molecule has 0 fully saturated rings. The van der Waals surface area contributed by atoms with Gasteiger partial charge in [0.15, 0.2) is 0 Å². The van der Waals surface area contributed by atoms with Crippen molar-refractivity contribution < 1.29 is 18.0 Å². The average Bonchev–Trinajstić information content (AvgIpc) is 2.61. The highest BCUT2D eigenvalue weighted by Gasteiger charge is 2.30. The molecule has 3 nitrogen and oxygen atoms in total. The second-order valence-corrected chi connectivity index (χ2v) is 6.41. The Morgan fingerprint density at radius 1 is 1.04 bits per heavy atom. The van der Waals surface area contributed by atoms with Crippen LogP contribution in [0.5, 0.6) is 0 Å². The van der Waals surface area contributed by atoms with Crippen LogP contribution >= 0.6 is 0 Å². The number of amides is 1. The Balaban J connectivity index is 1.95. The molecule has 0 bridgehead atoms. The summed E-state index contributed by atoms with van der Waals surface area (Å²) in [5.74, 6) is -0.0763. The Bertz CT molecular complexity index is 714. The number of nitrogens with one attached hydrogen (secondary N) is 1.